The van der Waals surface area contributed by atoms with Crippen LogP contribution >= 0.6 is 0 Å². The van der Waals surface area contributed by atoms with Crippen molar-refractivity contribution in [1.29, 1.82) is 0 Å². The second kappa shape index (κ2) is 5.69. The number of methoxy groups -OCH3 is 1. The lowest BCUT2D eigenvalue weighted by Crippen LogP contribution is -2.26. The SMILES string of the molecule is COc1cc(OC(F)(F)F)ccc1C1CCNCC1. The van der Waals surface area contributed by atoms with Crippen LogP contribution in [-0.2, 0) is 0 Å². The fourth-order valence-corrected chi connectivity index (χ4v) is 2.36. The Balaban J connectivity index is 2.20. The van der Waals surface area contributed by atoms with Gasteiger partial charge in [0.15, 0.2) is 0 Å². The molecule has 0 aliphatic carbocycles. The lowest BCUT2D eigenvalue weighted by molar-refractivity contribution is -0.274. The zero-order chi connectivity index (χ0) is 13.9. The highest BCUT2D eigenvalue weighted by molar-refractivity contribution is 5.43. The van der Waals surface area contributed by atoms with Crippen LogP contribution < -0.4 is 14.8 Å². The van der Waals surface area contributed by atoms with Gasteiger partial charge in [0, 0.05) is 6.07 Å². The normalized spacial score (nSPS) is 17.3. The molecule has 0 amide bonds. The summed E-state index contributed by atoms with van der Waals surface area (Å²) in [6, 6.07) is 4.30. The van der Waals surface area contributed by atoms with Gasteiger partial charge in [-0.15, -0.1) is 13.2 Å². The fraction of sp³-hybridized carbons (Fsp3) is 0.538. The van der Waals surface area contributed by atoms with Crippen molar-refractivity contribution in [2.75, 3.05) is 20.2 Å². The van der Waals surface area contributed by atoms with Crippen LogP contribution in [0.1, 0.15) is 24.3 Å². The van der Waals surface area contributed by atoms with Gasteiger partial charge in [-0.05, 0) is 43.5 Å². The van der Waals surface area contributed by atoms with Crippen molar-refractivity contribution >= 4 is 0 Å². The minimum absolute atomic E-state index is 0.248. The number of halogens is 3. The Kier molecular flexibility index (Phi) is 4.19. The number of nitrogens with one attached hydrogen (secondary N) is 1. The number of benzene rings is 1. The Morgan fingerprint density at radius 3 is 2.47 bits per heavy atom. The highest BCUT2D eigenvalue weighted by Gasteiger charge is 2.31. The van der Waals surface area contributed by atoms with Crippen molar-refractivity contribution in [2.24, 2.45) is 0 Å². The van der Waals surface area contributed by atoms with E-state index >= 15 is 0 Å². The van der Waals surface area contributed by atoms with E-state index in [4.69, 9.17) is 4.74 Å². The molecule has 6 heteroatoms. The van der Waals surface area contributed by atoms with Crippen LogP contribution in [0.25, 0.3) is 0 Å². The molecule has 1 fully saturated rings. The topological polar surface area (TPSA) is 30.5 Å². The van der Waals surface area contributed by atoms with Crippen molar-refractivity contribution in [2.45, 2.75) is 25.1 Å². The second-order valence-corrected chi connectivity index (χ2v) is 4.48. The fourth-order valence-electron chi connectivity index (χ4n) is 2.36. The number of ether oxygens (including phenoxy) is 2. The third-order valence-electron chi connectivity index (χ3n) is 3.22. The van der Waals surface area contributed by atoms with E-state index in [2.05, 4.69) is 10.1 Å². The summed E-state index contributed by atoms with van der Waals surface area (Å²) in [5.74, 6) is 0.520. The maximum absolute atomic E-state index is 12.2. The largest absolute Gasteiger partial charge is 0.573 e. The van der Waals surface area contributed by atoms with Crippen LogP contribution in [0.5, 0.6) is 11.5 Å². The molecule has 0 aromatic heterocycles. The van der Waals surface area contributed by atoms with Crippen LogP contribution in [-0.4, -0.2) is 26.6 Å². The maximum atomic E-state index is 12.2. The molecule has 19 heavy (non-hydrogen) atoms. The number of hydrogen-bond acceptors (Lipinski definition) is 3. The molecule has 1 aromatic carbocycles. The summed E-state index contributed by atoms with van der Waals surface area (Å²) in [6.45, 7) is 1.82. The molecule has 1 aliphatic heterocycles. The molecule has 0 spiro atoms. The van der Waals surface area contributed by atoms with Gasteiger partial charge in [-0.3, -0.25) is 0 Å². The van der Waals surface area contributed by atoms with Crippen molar-refractivity contribution in [3.8, 4) is 11.5 Å². The molecule has 1 N–H and O–H groups in total. The van der Waals surface area contributed by atoms with E-state index in [-0.39, 0.29) is 5.75 Å². The zero-order valence-corrected chi connectivity index (χ0v) is 10.6. The standard InChI is InChI=1S/C13H16F3NO2/c1-18-12-8-10(19-13(14,15)16)2-3-11(12)9-4-6-17-7-5-9/h2-3,8-9,17H,4-7H2,1H3. The van der Waals surface area contributed by atoms with Gasteiger partial charge >= 0.3 is 6.36 Å². The van der Waals surface area contributed by atoms with Gasteiger partial charge in [0.25, 0.3) is 0 Å². The first-order chi connectivity index (χ1) is 8.99. The lowest BCUT2D eigenvalue weighted by Gasteiger charge is -2.25. The van der Waals surface area contributed by atoms with Crippen molar-refractivity contribution in [1.82, 2.24) is 5.32 Å². The Morgan fingerprint density at radius 1 is 1.21 bits per heavy atom. The monoisotopic (exact) mass is 275 g/mol. The number of rotatable bonds is 3. The molecular formula is C13H16F3NO2. The average molecular weight is 275 g/mol. The van der Waals surface area contributed by atoms with Gasteiger partial charge in [-0.2, -0.15) is 0 Å². The molecule has 106 valence electrons. The molecule has 0 saturated carbocycles. The van der Waals surface area contributed by atoms with Crippen molar-refractivity contribution in [3.05, 3.63) is 23.8 Å². The molecule has 0 bridgehead atoms. The zero-order valence-electron chi connectivity index (χ0n) is 10.6. The minimum Gasteiger partial charge on any atom is -0.496 e. The lowest BCUT2D eigenvalue weighted by atomic mass is 9.89. The summed E-state index contributed by atoms with van der Waals surface area (Å²) in [4.78, 5) is 0. The van der Waals surface area contributed by atoms with E-state index in [1.807, 2.05) is 0 Å². The summed E-state index contributed by atoms with van der Waals surface area (Å²) in [6.07, 6.45) is -2.77. The number of alkyl halides is 3. The van der Waals surface area contributed by atoms with Gasteiger partial charge in [-0.25, -0.2) is 0 Å². The average Bonchev–Trinajstić information content (AvgIpc) is 2.37. The number of hydrogen-bond donors (Lipinski definition) is 1. The predicted octanol–water partition coefficient (Wildman–Crippen LogP) is 3.06. The molecule has 1 saturated heterocycles. The van der Waals surface area contributed by atoms with Gasteiger partial charge < -0.3 is 14.8 Å². The van der Waals surface area contributed by atoms with Crippen LogP contribution in [0.4, 0.5) is 13.2 Å². The highest BCUT2D eigenvalue weighted by Crippen LogP contribution is 2.36. The summed E-state index contributed by atoms with van der Waals surface area (Å²) in [5, 5.41) is 3.25. The van der Waals surface area contributed by atoms with E-state index in [9.17, 15) is 13.2 Å². The Labute approximate surface area is 109 Å². The smallest absolute Gasteiger partial charge is 0.496 e. The molecular weight excluding hydrogens is 259 g/mol. The summed E-state index contributed by atoms with van der Waals surface area (Å²) >= 11 is 0. The van der Waals surface area contributed by atoms with Crippen molar-refractivity contribution in [3.63, 3.8) is 0 Å². The predicted molar refractivity (Wildman–Crippen MR) is 64.5 cm³/mol. The first-order valence-corrected chi connectivity index (χ1v) is 6.14. The Bertz CT molecular complexity index is 428. The first kappa shape index (κ1) is 14.0. The molecule has 0 radical (unpaired) electrons. The van der Waals surface area contributed by atoms with E-state index < -0.39 is 6.36 Å². The maximum Gasteiger partial charge on any atom is 0.573 e. The van der Waals surface area contributed by atoms with Crippen LogP contribution in [0, 0.1) is 0 Å². The van der Waals surface area contributed by atoms with Gasteiger partial charge in [0.05, 0.1) is 7.11 Å². The third kappa shape index (κ3) is 3.76. The molecule has 0 atom stereocenters. The summed E-state index contributed by atoms with van der Waals surface area (Å²) < 4.78 is 45.6. The quantitative estimate of drug-likeness (QED) is 0.919. The Hall–Kier alpha value is -1.43. The van der Waals surface area contributed by atoms with Gasteiger partial charge in [-0.1, -0.05) is 6.07 Å². The summed E-state index contributed by atoms with van der Waals surface area (Å²) in [5.41, 5.74) is 0.943. The van der Waals surface area contributed by atoms with E-state index in [1.54, 1.807) is 6.07 Å². The molecule has 1 heterocycles. The number of piperidine rings is 1. The molecule has 1 aromatic rings. The Morgan fingerprint density at radius 2 is 1.89 bits per heavy atom. The van der Waals surface area contributed by atoms with E-state index in [1.165, 1.54) is 19.2 Å². The van der Waals surface area contributed by atoms with Crippen LogP contribution in [0.3, 0.4) is 0 Å². The highest BCUT2D eigenvalue weighted by atomic mass is 19.4. The van der Waals surface area contributed by atoms with Crippen LogP contribution in [0.2, 0.25) is 0 Å². The van der Waals surface area contributed by atoms with Crippen molar-refractivity contribution < 1.29 is 22.6 Å². The van der Waals surface area contributed by atoms with E-state index in [0.717, 1.165) is 31.5 Å². The van der Waals surface area contributed by atoms with Gasteiger partial charge in [0.1, 0.15) is 11.5 Å². The van der Waals surface area contributed by atoms with Crippen LogP contribution in [0.15, 0.2) is 18.2 Å². The third-order valence-corrected chi connectivity index (χ3v) is 3.22. The molecule has 0 unspecified atom stereocenters. The van der Waals surface area contributed by atoms with E-state index in [0.29, 0.717) is 11.7 Å². The minimum atomic E-state index is -4.68. The summed E-state index contributed by atoms with van der Waals surface area (Å²) in [7, 11) is 1.46. The molecule has 2 rings (SSSR count). The first-order valence-electron chi connectivity index (χ1n) is 6.14. The van der Waals surface area contributed by atoms with Gasteiger partial charge in [0.2, 0.25) is 0 Å². The second-order valence-electron chi connectivity index (χ2n) is 4.48. The molecule has 3 nitrogen and oxygen atoms in total. The molecule has 1 aliphatic rings.